The van der Waals surface area contributed by atoms with E-state index in [4.69, 9.17) is 5.11 Å². The fourth-order valence-electron chi connectivity index (χ4n) is 2.37. The first-order valence-corrected chi connectivity index (χ1v) is 6.83. The van der Waals surface area contributed by atoms with Gasteiger partial charge < -0.3 is 10.4 Å². The molecule has 3 atom stereocenters. The number of carbonyl (C=O) groups is 2. The summed E-state index contributed by atoms with van der Waals surface area (Å²) >= 11 is 0. The number of nitrogens with one attached hydrogen (secondary N) is 1. The van der Waals surface area contributed by atoms with Crippen molar-refractivity contribution in [2.24, 2.45) is 11.8 Å². The highest BCUT2D eigenvalue weighted by molar-refractivity contribution is 5.82. The van der Waals surface area contributed by atoms with Crippen molar-refractivity contribution in [1.82, 2.24) is 5.32 Å². The van der Waals surface area contributed by atoms with Gasteiger partial charge in [0.05, 0.1) is 0 Å². The lowest BCUT2D eigenvalue weighted by molar-refractivity contribution is -0.138. The number of carbonyl (C=O) groups excluding carboxylic acids is 1. The molecule has 1 fully saturated rings. The molecule has 1 amide bonds. The Labute approximate surface area is 121 Å². The molecular weight excluding hydrogens is 280 g/mol. The molecule has 1 aromatic rings. The largest absolute Gasteiger partial charge is 0.481 e. The Morgan fingerprint density at radius 3 is 2.71 bits per heavy atom. The van der Waals surface area contributed by atoms with E-state index in [2.05, 4.69) is 5.32 Å². The lowest BCUT2D eigenvalue weighted by atomic mass is 10.1. The van der Waals surface area contributed by atoms with E-state index in [0.29, 0.717) is 18.5 Å². The fraction of sp³-hybridized carbons (Fsp3) is 0.467. The number of carboxylic acids is 1. The number of hydrogen-bond donors (Lipinski definition) is 2. The maximum absolute atomic E-state index is 13.1. The van der Waals surface area contributed by atoms with Crippen LogP contribution in [0.2, 0.25) is 0 Å². The summed E-state index contributed by atoms with van der Waals surface area (Å²) in [4.78, 5) is 22.4. The minimum absolute atomic E-state index is 0.00243. The average molecular weight is 297 g/mol. The SMILES string of the molecule is CC(CNC(=O)C1CC1c1ccc(F)c(F)c1)CC(=O)O. The number of benzene rings is 1. The van der Waals surface area contributed by atoms with Crippen LogP contribution in [0.1, 0.15) is 31.2 Å². The number of carboxylic acid groups (broad SMARTS) is 1. The Morgan fingerprint density at radius 1 is 1.38 bits per heavy atom. The van der Waals surface area contributed by atoms with E-state index < -0.39 is 17.6 Å². The van der Waals surface area contributed by atoms with Crippen molar-refractivity contribution in [3.05, 3.63) is 35.4 Å². The van der Waals surface area contributed by atoms with Gasteiger partial charge in [-0.15, -0.1) is 0 Å². The molecule has 0 saturated heterocycles. The van der Waals surface area contributed by atoms with Crippen LogP contribution in [-0.2, 0) is 9.59 Å². The van der Waals surface area contributed by atoms with Crippen molar-refractivity contribution in [3.8, 4) is 0 Å². The van der Waals surface area contributed by atoms with Crippen molar-refractivity contribution >= 4 is 11.9 Å². The molecule has 2 rings (SSSR count). The highest BCUT2D eigenvalue weighted by Gasteiger charge is 2.44. The average Bonchev–Trinajstić information content (AvgIpc) is 3.19. The number of rotatable bonds is 6. The Balaban J connectivity index is 1.83. The maximum Gasteiger partial charge on any atom is 0.303 e. The molecule has 21 heavy (non-hydrogen) atoms. The maximum atomic E-state index is 13.1. The predicted octanol–water partition coefficient (Wildman–Crippen LogP) is 2.30. The van der Waals surface area contributed by atoms with Gasteiger partial charge in [0.2, 0.25) is 5.91 Å². The van der Waals surface area contributed by atoms with Gasteiger partial charge in [-0.1, -0.05) is 13.0 Å². The van der Waals surface area contributed by atoms with E-state index in [-0.39, 0.29) is 30.1 Å². The minimum Gasteiger partial charge on any atom is -0.481 e. The van der Waals surface area contributed by atoms with Gasteiger partial charge in [-0.25, -0.2) is 8.78 Å². The smallest absolute Gasteiger partial charge is 0.303 e. The van der Waals surface area contributed by atoms with Crippen molar-refractivity contribution in [1.29, 1.82) is 0 Å². The number of aliphatic carboxylic acids is 1. The molecule has 0 aliphatic heterocycles. The Bertz CT molecular complexity index is 562. The van der Waals surface area contributed by atoms with E-state index in [0.717, 1.165) is 12.1 Å². The highest BCUT2D eigenvalue weighted by Crippen LogP contribution is 2.47. The lowest BCUT2D eigenvalue weighted by Crippen LogP contribution is -2.30. The van der Waals surface area contributed by atoms with Crippen LogP contribution in [0.4, 0.5) is 8.78 Å². The molecule has 0 bridgehead atoms. The fourth-order valence-corrected chi connectivity index (χ4v) is 2.37. The van der Waals surface area contributed by atoms with Gasteiger partial charge in [-0.3, -0.25) is 9.59 Å². The Kier molecular flexibility index (Phi) is 4.55. The summed E-state index contributed by atoms with van der Waals surface area (Å²) in [5, 5.41) is 11.3. The molecule has 2 N–H and O–H groups in total. The van der Waals surface area contributed by atoms with Crippen LogP contribution in [0.5, 0.6) is 0 Å². The first-order valence-electron chi connectivity index (χ1n) is 6.83. The van der Waals surface area contributed by atoms with E-state index >= 15 is 0 Å². The number of hydrogen-bond acceptors (Lipinski definition) is 2. The molecule has 4 nitrogen and oxygen atoms in total. The summed E-state index contributed by atoms with van der Waals surface area (Å²) in [6, 6.07) is 3.68. The standard InChI is InChI=1S/C15H17F2NO3/c1-8(4-14(19)20)7-18-15(21)11-6-10(11)9-2-3-12(16)13(17)5-9/h2-3,5,8,10-11H,4,6-7H2,1H3,(H,18,21)(H,19,20). The van der Waals surface area contributed by atoms with Gasteiger partial charge in [0.15, 0.2) is 11.6 Å². The van der Waals surface area contributed by atoms with Gasteiger partial charge in [-0.05, 0) is 36.0 Å². The van der Waals surface area contributed by atoms with E-state index in [1.165, 1.54) is 6.07 Å². The van der Waals surface area contributed by atoms with Crippen molar-refractivity contribution in [2.75, 3.05) is 6.54 Å². The predicted molar refractivity (Wildman–Crippen MR) is 71.6 cm³/mol. The second-order valence-electron chi connectivity index (χ2n) is 5.57. The molecule has 114 valence electrons. The van der Waals surface area contributed by atoms with Gasteiger partial charge in [0.25, 0.3) is 0 Å². The zero-order valence-corrected chi connectivity index (χ0v) is 11.6. The van der Waals surface area contributed by atoms with Crippen LogP contribution in [0.15, 0.2) is 18.2 Å². The van der Waals surface area contributed by atoms with E-state index in [1.807, 2.05) is 0 Å². The normalized spacial score (nSPS) is 21.7. The molecule has 0 spiro atoms. The third-order valence-corrected chi connectivity index (χ3v) is 3.65. The quantitative estimate of drug-likeness (QED) is 0.846. The molecule has 3 unspecified atom stereocenters. The summed E-state index contributed by atoms with van der Waals surface area (Å²) in [6.07, 6.45) is 0.599. The van der Waals surface area contributed by atoms with E-state index in [1.54, 1.807) is 6.92 Å². The van der Waals surface area contributed by atoms with Crippen LogP contribution >= 0.6 is 0 Å². The first-order chi connectivity index (χ1) is 9.88. The highest BCUT2D eigenvalue weighted by atomic mass is 19.2. The summed E-state index contributed by atoms with van der Waals surface area (Å²) in [5.41, 5.74) is 0.618. The third kappa shape index (κ3) is 4.00. The van der Waals surface area contributed by atoms with E-state index in [9.17, 15) is 18.4 Å². The number of halogens is 2. The summed E-state index contributed by atoms with van der Waals surface area (Å²) in [7, 11) is 0. The summed E-state index contributed by atoms with van der Waals surface area (Å²) in [5.74, 6) is -3.35. The van der Waals surface area contributed by atoms with Gasteiger partial charge >= 0.3 is 5.97 Å². The van der Waals surface area contributed by atoms with Crippen LogP contribution < -0.4 is 5.32 Å². The minimum atomic E-state index is -0.909. The molecule has 1 aliphatic carbocycles. The van der Waals surface area contributed by atoms with Crippen LogP contribution in [-0.4, -0.2) is 23.5 Å². The monoisotopic (exact) mass is 297 g/mol. The van der Waals surface area contributed by atoms with Crippen molar-refractivity contribution in [3.63, 3.8) is 0 Å². The second-order valence-corrected chi connectivity index (χ2v) is 5.57. The molecule has 0 heterocycles. The van der Waals surface area contributed by atoms with Crippen LogP contribution in [0.25, 0.3) is 0 Å². The molecule has 6 heteroatoms. The molecule has 1 aromatic carbocycles. The Morgan fingerprint density at radius 2 is 2.10 bits per heavy atom. The lowest BCUT2D eigenvalue weighted by Gasteiger charge is -2.10. The zero-order chi connectivity index (χ0) is 15.6. The molecular formula is C15H17F2NO3. The Hall–Kier alpha value is -1.98. The topological polar surface area (TPSA) is 66.4 Å². The summed E-state index contributed by atoms with van der Waals surface area (Å²) in [6.45, 7) is 2.04. The second kappa shape index (κ2) is 6.20. The summed E-state index contributed by atoms with van der Waals surface area (Å²) < 4.78 is 26.0. The van der Waals surface area contributed by atoms with Gasteiger partial charge in [0, 0.05) is 18.9 Å². The van der Waals surface area contributed by atoms with Crippen LogP contribution in [0, 0.1) is 23.5 Å². The molecule has 1 saturated carbocycles. The zero-order valence-electron chi connectivity index (χ0n) is 11.6. The van der Waals surface area contributed by atoms with Crippen LogP contribution in [0.3, 0.4) is 0 Å². The van der Waals surface area contributed by atoms with Gasteiger partial charge in [-0.2, -0.15) is 0 Å². The third-order valence-electron chi connectivity index (χ3n) is 3.65. The van der Waals surface area contributed by atoms with Crippen molar-refractivity contribution in [2.45, 2.75) is 25.7 Å². The first kappa shape index (κ1) is 15.4. The van der Waals surface area contributed by atoms with Gasteiger partial charge in [0.1, 0.15) is 0 Å². The molecule has 1 aliphatic rings. The molecule has 0 aromatic heterocycles. The molecule has 0 radical (unpaired) electrons. The van der Waals surface area contributed by atoms with Crippen molar-refractivity contribution < 1.29 is 23.5 Å². The number of amides is 1.